The van der Waals surface area contributed by atoms with Crippen LogP contribution in [0.15, 0.2) is 0 Å². The van der Waals surface area contributed by atoms with Crippen LogP contribution in [-0.4, -0.2) is 38.3 Å². The Morgan fingerprint density at radius 3 is 2.67 bits per heavy atom. The molecule has 15 heavy (non-hydrogen) atoms. The lowest BCUT2D eigenvalue weighted by atomic mass is 10.0. The predicted octanol–water partition coefficient (Wildman–Crippen LogP) is 0.281. The molecule has 4 nitrogen and oxygen atoms in total. The quantitative estimate of drug-likeness (QED) is 0.688. The number of amides is 1. The molecule has 0 aromatic carbocycles. The Balaban J connectivity index is 1.51. The second-order valence-corrected chi connectivity index (χ2v) is 4.55. The largest absolute Gasteiger partial charge is 0.368 e. The van der Waals surface area contributed by atoms with Crippen LogP contribution < -0.4 is 10.6 Å². The van der Waals surface area contributed by atoms with E-state index in [2.05, 4.69) is 10.6 Å². The molecular formula is C11H20N2O2. The smallest absolute Gasteiger partial charge is 0.246 e. The summed E-state index contributed by atoms with van der Waals surface area (Å²) in [5.41, 5.74) is 0. The van der Waals surface area contributed by atoms with Gasteiger partial charge in [-0.2, -0.15) is 0 Å². The van der Waals surface area contributed by atoms with E-state index in [1.165, 1.54) is 12.8 Å². The Bertz CT molecular complexity index is 211. The standard InChI is InChI=1S/C11H20N2O2/c14-11(13-7-9-5-12-6-9)8-15-10-3-1-2-4-10/h9-10,12H,1-8H2,(H,13,14). The SMILES string of the molecule is O=C(COC1CCCC1)NCC1CNC1. The topological polar surface area (TPSA) is 50.4 Å². The van der Waals surface area contributed by atoms with Gasteiger partial charge >= 0.3 is 0 Å². The monoisotopic (exact) mass is 212 g/mol. The molecule has 2 aliphatic rings. The zero-order chi connectivity index (χ0) is 10.5. The van der Waals surface area contributed by atoms with E-state index in [-0.39, 0.29) is 12.5 Å². The zero-order valence-electron chi connectivity index (χ0n) is 9.13. The van der Waals surface area contributed by atoms with Crippen LogP contribution >= 0.6 is 0 Å². The van der Waals surface area contributed by atoms with Gasteiger partial charge in [-0.15, -0.1) is 0 Å². The van der Waals surface area contributed by atoms with Crippen molar-refractivity contribution >= 4 is 5.91 Å². The molecule has 0 aromatic rings. The third kappa shape index (κ3) is 3.47. The molecule has 1 saturated heterocycles. The van der Waals surface area contributed by atoms with E-state index >= 15 is 0 Å². The number of rotatable bonds is 5. The number of carbonyl (C=O) groups is 1. The van der Waals surface area contributed by atoms with Gasteiger partial charge < -0.3 is 15.4 Å². The normalized spacial score (nSPS) is 22.7. The predicted molar refractivity (Wildman–Crippen MR) is 57.6 cm³/mol. The van der Waals surface area contributed by atoms with Gasteiger partial charge in [0.2, 0.25) is 5.91 Å². The van der Waals surface area contributed by atoms with E-state index in [9.17, 15) is 4.79 Å². The van der Waals surface area contributed by atoms with Crippen LogP contribution in [0, 0.1) is 5.92 Å². The van der Waals surface area contributed by atoms with Crippen LogP contribution in [0.2, 0.25) is 0 Å². The van der Waals surface area contributed by atoms with Gasteiger partial charge in [0.05, 0.1) is 6.10 Å². The Morgan fingerprint density at radius 1 is 1.33 bits per heavy atom. The van der Waals surface area contributed by atoms with Gasteiger partial charge in [0, 0.05) is 25.6 Å². The van der Waals surface area contributed by atoms with Crippen molar-refractivity contribution in [1.82, 2.24) is 10.6 Å². The van der Waals surface area contributed by atoms with Crippen molar-refractivity contribution in [2.45, 2.75) is 31.8 Å². The number of hydrogen-bond donors (Lipinski definition) is 2. The first-order valence-electron chi connectivity index (χ1n) is 5.93. The molecule has 2 fully saturated rings. The van der Waals surface area contributed by atoms with Gasteiger partial charge in [0.1, 0.15) is 6.61 Å². The summed E-state index contributed by atoms with van der Waals surface area (Å²) in [4.78, 5) is 11.4. The van der Waals surface area contributed by atoms with Gasteiger partial charge in [0.15, 0.2) is 0 Å². The van der Waals surface area contributed by atoms with Crippen LogP contribution in [0.25, 0.3) is 0 Å². The highest BCUT2D eigenvalue weighted by Gasteiger charge is 2.19. The fraction of sp³-hybridized carbons (Fsp3) is 0.909. The zero-order valence-corrected chi connectivity index (χ0v) is 9.13. The molecule has 2 N–H and O–H groups in total. The van der Waals surface area contributed by atoms with Gasteiger partial charge in [-0.05, 0) is 12.8 Å². The van der Waals surface area contributed by atoms with Gasteiger partial charge in [-0.25, -0.2) is 0 Å². The van der Waals surface area contributed by atoms with Crippen LogP contribution in [0.3, 0.4) is 0 Å². The maximum absolute atomic E-state index is 11.4. The molecule has 0 spiro atoms. The molecule has 0 atom stereocenters. The Kier molecular flexibility index (Phi) is 3.97. The molecule has 4 heteroatoms. The van der Waals surface area contributed by atoms with E-state index in [0.717, 1.165) is 32.5 Å². The molecule has 2 rings (SSSR count). The minimum absolute atomic E-state index is 0.0359. The lowest BCUT2D eigenvalue weighted by Gasteiger charge is -2.27. The highest BCUT2D eigenvalue weighted by Crippen LogP contribution is 2.20. The summed E-state index contributed by atoms with van der Waals surface area (Å²) in [6.45, 7) is 3.10. The molecule has 1 saturated carbocycles. The van der Waals surface area contributed by atoms with E-state index < -0.39 is 0 Å². The van der Waals surface area contributed by atoms with E-state index in [0.29, 0.717) is 12.0 Å². The second-order valence-electron chi connectivity index (χ2n) is 4.55. The highest BCUT2D eigenvalue weighted by molar-refractivity contribution is 5.77. The van der Waals surface area contributed by atoms with Crippen molar-refractivity contribution in [3.05, 3.63) is 0 Å². The summed E-state index contributed by atoms with van der Waals surface area (Å²) in [5.74, 6) is 0.661. The average molecular weight is 212 g/mol. The Labute approximate surface area is 90.8 Å². The fourth-order valence-electron chi connectivity index (χ4n) is 2.05. The maximum atomic E-state index is 11.4. The summed E-state index contributed by atoms with van der Waals surface area (Å²) >= 11 is 0. The van der Waals surface area contributed by atoms with E-state index in [1.54, 1.807) is 0 Å². The van der Waals surface area contributed by atoms with E-state index in [4.69, 9.17) is 4.74 Å². The molecule has 1 heterocycles. The molecule has 1 aliphatic carbocycles. The van der Waals surface area contributed by atoms with Gasteiger partial charge in [0.25, 0.3) is 0 Å². The van der Waals surface area contributed by atoms with Crippen molar-refractivity contribution in [3.8, 4) is 0 Å². The average Bonchev–Trinajstić information content (AvgIpc) is 2.64. The van der Waals surface area contributed by atoms with E-state index in [1.807, 2.05) is 0 Å². The number of carbonyl (C=O) groups excluding carboxylic acids is 1. The first kappa shape index (κ1) is 10.9. The first-order chi connectivity index (χ1) is 7.34. The summed E-state index contributed by atoms with van der Waals surface area (Å²) in [6, 6.07) is 0. The lowest BCUT2D eigenvalue weighted by molar-refractivity contribution is -0.127. The summed E-state index contributed by atoms with van der Waals surface area (Å²) in [6.07, 6.45) is 5.08. The summed E-state index contributed by atoms with van der Waals surface area (Å²) < 4.78 is 5.52. The molecule has 1 aliphatic heterocycles. The first-order valence-corrected chi connectivity index (χ1v) is 5.93. The molecule has 86 valence electrons. The molecule has 1 amide bonds. The molecule has 0 aromatic heterocycles. The van der Waals surface area contributed by atoms with Gasteiger partial charge in [-0.3, -0.25) is 4.79 Å². The van der Waals surface area contributed by atoms with Crippen LogP contribution in [0.4, 0.5) is 0 Å². The highest BCUT2D eigenvalue weighted by atomic mass is 16.5. The third-order valence-corrected chi connectivity index (χ3v) is 3.21. The van der Waals surface area contributed by atoms with Crippen LogP contribution in [0.5, 0.6) is 0 Å². The molecule has 0 unspecified atom stereocenters. The third-order valence-electron chi connectivity index (χ3n) is 3.21. The van der Waals surface area contributed by atoms with Crippen molar-refractivity contribution < 1.29 is 9.53 Å². The molecule has 0 radical (unpaired) electrons. The lowest BCUT2D eigenvalue weighted by Crippen LogP contribution is -2.48. The molecule has 0 bridgehead atoms. The molecular weight excluding hydrogens is 192 g/mol. The minimum Gasteiger partial charge on any atom is -0.368 e. The number of hydrogen-bond acceptors (Lipinski definition) is 3. The number of ether oxygens (including phenoxy) is 1. The van der Waals surface area contributed by atoms with Crippen LogP contribution in [0.1, 0.15) is 25.7 Å². The number of nitrogens with one attached hydrogen (secondary N) is 2. The Morgan fingerprint density at radius 2 is 2.07 bits per heavy atom. The van der Waals surface area contributed by atoms with Crippen molar-refractivity contribution in [2.24, 2.45) is 5.92 Å². The minimum atomic E-state index is 0.0359. The summed E-state index contributed by atoms with van der Waals surface area (Å²) in [7, 11) is 0. The van der Waals surface area contributed by atoms with Crippen LogP contribution in [-0.2, 0) is 9.53 Å². The van der Waals surface area contributed by atoms with Crippen molar-refractivity contribution in [1.29, 1.82) is 0 Å². The van der Waals surface area contributed by atoms with Gasteiger partial charge in [-0.1, -0.05) is 12.8 Å². The van der Waals surface area contributed by atoms with Crippen molar-refractivity contribution in [2.75, 3.05) is 26.2 Å². The maximum Gasteiger partial charge on any atom is 0.246 e. The van der Waals surface area contributed by atoms with Crippen molar-refractivity contribution in [3.63, 3.8) is 0 Å². The fourth-order valence-corrected chi connectivity index (χ4v) is 2.05. The summed E-state index contributed by atoms with van der Waals surface area (Å²) in [5, 5.41) is 6.08. The Hall–Kier alpha value is -0.610. The second kappa shape index (κ2) is 5.47.